The summed E-state index contributed by atoms with van der Waals surface area (Å²) in [6, 6.07) is 0. The summed E-state index contributed by atoms with van der Waals surface area (Å²) in [6.07, 6.45) is 4.98. The lowest BCUT2D eigenvalue weighted by atomic mass is 9.67. The first-order valence-corrected chi connectivity index (χ1v) is 6.22. The Kier molecular flexibility index (Phi) is 2.36. The van der Waals surface area contributed by atoms with Crippen LogP contribution in [-0.4, -0.2) is 11.3 Å². The van der Waals surface area contributed by atoms with Crippen LogP contribution in [0.4, 0.5) is 0 Å². The van der Waals surface area contributed by atoms with Crippen LogP contribution in [-0.2, 0) is 0 Å². The molecule has 0 aromatic rings. The summed E-state index contributed by atoms with van der Waals surface area (Å²) in [6.45, 7) is 4.78. The summed E-state index contributed by atoms with van der Waals surface area (Å²) in [7, 11) is 0. The van der Waals surface area contributed by atoms with Gasteiger partial charge in [0.15, 0.2) is 0 Å². The Balaban J connectivity index is 2.31. The second kappa shape index (κ2) is 3.03. The SMILES string of the molecule is CC1(C)C2CCC1(CCCl)C(Cl)C2. The Morgan fingerprint density at radius 2 is 2.08 bits per heavy atom. The molecule has 0 nitrogen and oxygen atoms in total. The Hall–Kier alpha value is 0.580. The molecule has 0 aromatic heterocycles. The molecule has 0 amide bonds. The average molecular weight is 221 g/mol. The fourth-order valence-electron chi connectivity index (χ4n) is 3.74. The van der Waals surface area contributed by atoms with E-state index in [4.69, 9.17) is 23.2 Å². The average Bonchev–Trinajstić information content (AvgIpc) is 2.38. The third-order valence-corrected chi connectivity index (χ3v) is 5.66. The van der Waals surface area contributed by atoms with Crippen LogP contribution < -0.4 is 0 Å². The van der Waals surface area contributed by atoms with Gasteiger partial charge in [0.25, 0.3) is 0 Å². The molecule has 2 aliphatic rings. The number of fused-ring (bicyclic) bond motifs is 2. The molecule has 0 radical (unpaired) electrons. The molecule has 13 heavy (non-hydrogen) atoms. The van der Waals surface area contributed by atoms with E-state index in [1.54, 1.807) is 0 Å². The van der Waals surface area contributed by atoms with Crippen molar-refractivity contribution in [3.63, 3.8) is 0 Å². The van der Waals surface area contributed by atoms with Crippen molar-refractivity contribution < 1.29 is 0 Å². The summed E-state index contributed by atoms with van der Waals surface area (Å²) in [5, 5.41) is 0.375. The molecule has 0 aliphatic heterocycles. The van der Waals surface area contributed by atoms with E-state index >= 15 is 0 Å². The standard InChI is InChI=1S/C11H18Cl2/c1-10(2)8-3-4-11(10,5-6-12)9(13)7-8/h8-9H,3-7H2,1-2H3. The van der Waals surface area contributed by atoms with Crippen LogP contribution in [0.1, 0.15) is 39.5 Å². The van der Waals surface area contributed by atoms with E-state index < -0.39 is 0 Å². The van der Waals surface area contributed by atoms with Crippen LogP contribution in [0.25, 0.3) is 0 Å². The lowest BCUT2D eigenvalue weighted by molar-refractivity contribution is 0.127. The fourth-order valence-corrected chi connectivity index (χ4v) is 4.79. The quantitative estimate of drug-likeness (QED) is 0.617. The van der Waals surface area contributed by atoms with Gasteiger partial charge in [-0.25, -0.2) is 0 Å². The summed E-state index contributed by atoms with van der Waals surface area (Å²) < 4.78 is 0. The molecule has 2 saturated carbocycles. The van der Waals surface area contributed by atoms with E-state index in [-0.39, 0.29) is 0 Å². The molecule has 3 atom stereocenters. The Morgan fingerprint density at radius 1 is 1.38 bits per heavy atom. The zero-order valence-electron chi connectivity index (χ0n) is 8.45. The maximum Gasteiger partial charge on any atom is 0.0400 e. The van der Waals surface area contributed by atoms with Crippen molar-refractivity contribution in [2.24, 2.45) is 16.7 Å². The number of alkyl halides is 2. The molecule has 2 fully saturated rings. The van der Waals surface area contributed by atoms with Gasteiger partial charge in [-0.3, -0.25) is 0 Å². The van der Waals surface area contributed by atoms with Gasteiger partial charge in [-0.15, -0.1) is 23.2 Å². The van der Waals surface area contributed by atoms with Gasteiger partial charge in [-0.05, 0) is 42.4 Å². The minimum absolute atomic E-state index is 0.348. The maximum absolute atomic E-state index is 6.47. The number of hydrogen-bond acceptors (Lipinski definition) is 0. The normalized spacial score (nSPS) is 47.1. The minimum atomic E-state index is 0.348. The predicted octanol–water partition coefficient (Wildman–Crippen LogP) is 4.05. The van der Waals surface area contributed by atoms with Crippen LogP contribution in [0.2, 0.25) is 0 Å². The number of rotatable bonds is 2. The molecule has 2 bridgehead atoms. The number of hydrogen-bond donors (Lipinski definition) is 0. The molecule has 0 N–H and O–H groups in total. The monoisotopic (exact) mass is 220 g/mol. The maximum atomic E-state index is 6.47. The highest BCUT2D eigenvalue weighted by molar-refractivity contribution is 6.21. The van der Waals surface area contributed by atoms with Crippen molar-refractivity contribution in [1.82, 2.24) is 0 Å². The van der Waals surface area contributed by atoms with E-state index in [9.17, 15) is 0 Å². The highest BCUT2D eigenvalue weighted by atomic mass is 35.5. The second-order valence-electron chi connectivity index (χ2n) is 5.26. The van der Waals surface area contributed by atoms with E-state index in [0.29, 0.717) is 16.2 Å². The highest BCUT2D eigenvalue weighted by Gasteiger charge is 2.62. The van der Waals surface area contributed by atoms with Crippen molar-refractivity contribution >= 4 is 23.2 Å². The first kappa shape index (κ1) is 10.1. The van der Waals surface area contributed by atoms with Gasteiger partial charge in [0.2, 0.25) is 0 Å². The summed E-state index contributed by atoms with van der Waals surface area (Å²) in [5.74, 6) is 1.61. The van der Waals surface area contributed by atoms with Crippen molar-refractivity contribution in [2.45, 2.75) is 44.9 Å². The van der Waals surface area contributed by atoms with Crippen molar-refractivity contribution in [3.8, 4) is 0 Å². The summed E-state index contributed by atoms with van der Waals surface area (Å²) in [5.41, 5.74) is 0.773. The Bertz CT molecular complexity index is 212. The molecule has 0 spiro atoms. The minimum Gasteiger partial charge on any atom is -0.127 e. The summed E-state index contributed by atoms with van der Waals surface area (Å²) >= 11 is 12.4. The molecule has 0 aromatic carbocycles. The molecule has 0 saturated heterocycles. The van der Waals surface area contributed by atoms with Gasteiger partial charge in [0.1, 0.15) is 0 Å². The third-order valence-electron chi connectivity index (χ3n) is 4.87. The third kappa shape index (κ3) is 1.11. The largest absolute Gasteiger partial charge is 0.127 e. The van der Waals surface area contributed by atoms with Crippen LogP contribution in [0.3, 0.4) is 0 Å². The van der Waals surface area contributed by atoms with Gasteiger partial charge >= 0.3 is 0 Å². The highest BCUT2D eigenvalue weighted by Crippen LogP contribution is 2.68. The van der Waals surface area contributed by atoms with Gasteiger partial charge < -0.3 is 0 Å². The topological polar surface area (TPSA) is 0 Å². The molecule has 3 unspecified atom stereocenters. The van der Waals surface area contributed by atoms with E-state index in [2.05, 4.69) is 13.8 Å². The molecule has 2 aliphatic carbocycles. The lowest BCUT2D eigenvalue weighted by Crippen LogP contribution is -2.36. The smallest absolute Gasteiger partial charge is 0.0400 e. The summed E-state index contributed by atoms with van der Waals surface area (Å²) in [4.78, 5) is 0. The van der Waals surface area contributed by atoms with Crippen molar-refractivity contribution in [2.75, 3.05) is 5.88 Å². The lowest BCUT2D eigenvalue weighted by Gasteiger charge is -2.40. The van der Waals surface area contributed by atoms with Crippen molar-refractivity contribution in [1.29, 1.82) is 0 Å². The Morgan fingerprint density at radius 3 is 2.46 bits per heavy atom. The zero-order chi connectivity index (χ0) is 9.69. The Labute approximate surface area is 91.0 Å². The van der Waals surface area contributed by atoms with Gasteiger partial charge in [0, 0.05) is 11.3 Å². The molecule has 2 rings (SSSR count). The predicted molar refractivity (Wildman–Crippen MR) is 58.5 cm³/mol. The van der Waals surface area contributed by atoms with E-state index in [1.165, 1.54) is 19.3 Å². The molecular formula is C11H18Cl2. The van der Waals surface area contributed by atoms with Crippen molar-refractivity contribution in [3.05, 3.63) is 0 Å². The van der Waals surface area contributed by atoms with E-state index in [0.717, 1.165) is 18.2 Å². The molecule has 2 heteroatoms. The van der Waals surface area contributed by atoms with Crippen LogP contribution in [0.5, 0.6) is 0 Å². The van der Waals surface area contributed by atoms with Gasteiger partial charge in [0.05, 0.1) is 0 Å². The first-order valence-electron chi connectivity index (χ1n) is 5.24. The van der Waals surface area contributed by atoms with Crippen LogP contribution in [0, 0.1) is 16.7 Å². The zero-order valence-corrected chi connectivity index (χ0v) is 9.96. The van der Waals surface area contributed by atoms with Gasteiger partial charge in [-0.1, -0.05) is 13.8 Å². The number of halogens is 2. The van der Waals surface area contributed by atoms with Crippen LogP contribution in [0.15, 0.2) is 0 Å². The fraction of sp³-hybridized carbons (Fsp3) is 1.00. The molecule has 0 heterocycles. The second-order valence-corrected chi connectivity index (χ2v) is 6.16. The van der Waals surface area contributed by atoms with E-state index in [1.807, 2.05) is 0 Å². The molecular weight excluding hydrogens is 203 g/mol. The van der Waals surface area contributed by atoms with Gasteiger partial charge in [-0.2, -0.15) is 0 Å². The first-order chi connectivity index (χ1) is 6.04. The molecule has 76 valence electrons. The van der Waals surface area contributed by atoms with Crippen LogP contribution >= 0.6 is 23.2 Å².